The molecule has 0 atom stereocenters. The molecule has 0 saturated heterocycles. The van der Waals surface area contributed by atoms with Gasteiger partial charge >= 0.3 is 42.0 Å². The summed E-state index contributed by atoms with van der Waals surface area (Å²) < 4.78 is 75.0. The number of hydrogen-bond donors (Lipinski definition) is 1. The zero-order valence-electron chi connectivity index (χ0n) is 27.9. The number of nitrogens with zero attached hydrogens (tertiary/aromatic N) is 1. The molecule has 0 spiro atoms. The average Bonchev–Trinajstić information content (AvgIpc) is 2.92. The minimum Gasteiger partial charge on any atom is -0.465 e. The van der Waals surface area contributed by atoms with Crippen molar-refractivity contribution < 1.29 is 62.1 Å². The number of rotatable bonds is 29. The summed E-state index contributed by atoms with van der Waals surface area (Å²) in [6.45, 7) is 20.1. The predicted octanol–water partition coefficient (Wildman–Crippen LogP) is 4.00. The monoisotopic (exact) mass is 695 g/mol. The molecule has 0 rings (SSSR count). The molecule has 0 bridgehead atoms. The van der Waals surface area contributed by atoms with E-state index in [0.717, 1.165) is 0 Å². The quantitative estimate of drug-likeness (QED) is 0.112. The van der Waals surface area contributed by atoms with Crippen molar-refractivity contribution in [1.82, 2.24) is 4.90 Å². The molecule has 0 fully saturated rings. The molecule has 0 aliphatic heterocycles. The van der Waals surface area contributed by atoms with E-state index in [-0.39, 0.29) is 85.0 Å². The fourth-order valence-electron chi connectivity index (χ4n) is 3.89. The number of hydrogen-bond acceptors (Lipinski definition) is 13. The van der Waals surface area contributed by atoms with Gasteiger partial charge in [-0.2, -0.15) is 0 Å². The Balaban J connectivity index is 7.48. The van der Waals surface area contributed by atoms with Gasteiger partial charge < -0.3 is 62.2 Å². The van der Waals surface area contributed by atoms with Crippen LogP contribution in [0.25, 0.3) is 0 Å². The van der Waals surface area contributed by atoms with Gasteiger partial charge in [0.05, 0.1) is 0 Å². The SMILES string of the molecule is CCO[Si](OCC)(OCC)O[Si](CCCN(CC)C(=O)O)(O[Si](OCC)(OCC)OCC)O[Si](OCC)(OCC)OCC. The third kappa shape index (κ3) is 14.7. The van der Waals surface area contributed by atoms with Gasteiger partial charge in [-0.15, -0.1) is 0 Å². The van der Waals surface area contributed by atoms with Gasteiger partial charge in [-0.25, -0.2) is 4.79 Å². The highest BCUT2D eigenvalue weighted by Crippen LogP contribution is 2.34. The molecular weight excluding hydrogens is 639 g/mol. The van der Waals surface area contributed by atoms with Crippen molar-refractivity contribution in [3.8, 4) is 0 Å². The Morgan fingerprint density at radius 3 is 0.953 bits per heavy atom. The largest absolute Gasteiger partial charge is 0.672 e. The standard InChI is InChI=1S/C24H57NO14Si4/c1-11-25(24(26)27)22-21-23-40(37-41(28-12-2,29-13-3)30-14-4,38-42(31-15-5,32-16-6)33-17-7)39-43(34-18-8,35-19-9)36-20-10/h11-23H2,1-10H3,(H,26,27). The maximum absolute atomic E-state index is 11.8. The molecule has 0 heterocycles. The Hall–Kier alpha value is -0.342. The molecule has 1 N–H and O–H groups in total. The minimum atomic E-state index is -4.31. The highest BCUT2D eigenvalue weighted by Gasteiger charge is 2.67. The van der Waals surface area contributed by atoms with Crippen LogP contribution in [0.4, 0.5) is 4.79 Å². The van der Waals surface area contributed by atoms with E-state index in [9.17, 15) is 9.90 Å². The fourth-order valence-corrected chi connectivity index (χ4v) is 18.0. The normalized spacial score (nSPS) is 13.1. The maximum Gasteiger partial charge on any atom is 0.672 e. The first-order valence-corrected chi connectivity index (χ1v) is 22.2. The van der Waals surface area contributed by atoms with Crippen LogP contribution in [0.3, 0.4) is 0 Å². The summed E-state index contributed by atoms with van der Waals surface area (Å²) in [5, 5.41) is 9.68. The van der Waals surface area contributed by atoms with Crippen LogP contribution in [0, 0.1) is 0 Å². The van der Waals surface area contributed by atoms with Crippen LogP contribution in [0.2, 0.25) is 6.04 Å². The second-order valence-corrected chi connectivity index (χ2v) is 18.3. The van der Waals surface area contributed by atoms with Crippen molar-refractivity contribution in [3.05, 3.63) is 0 Å². The van der Waals surface area contributed by atoms with E-state index in [1.54, 1.807) is 69.2 Å². The summed E-state index contributed by atoms with van der Waals surface area (Å²) in [6.07, 6.45) is -0.798. The zero-order chi connectivity index (χ0) is 32.8. The minimum absolute atomic E-state index is 0.0443. The third-order valence-electron chi connectivity index (χ3n) is 5.29. The Kier molecular flexibility index (Phi) is 22.9. The Bertz CT molecular complexity index is 609. The first-order chi connectivity index (χ1) is 20.5. The molecule has 15 nitrogen and oxygen atoms in total. The van der Waals surface area contributed by atoms with Crippen molar-refractivity contribution >= 4 is 42.0 Å². The fraction of sp³-hybridized carbons (Fsp3) is 0.958. The lowest BCUT2D eigenvalue weighted by Gasteiger charge is -2.43. The van der Waals surface area contributed by atoms with Crippen molar-refractivity contribution in [2.75, 3.05) is 72.6 Å². The summed E-state index contributed by atoms with van der Waals surface area (Å²) >= 11 is 0. The molecule has 0 radical (unpaired) electrons. The lowest BCUT2D eigenvalue weighted by molar-refractivity contribution is -0.0547. The molecule has 0 aromatic rings. The third-order valence-corrected chi connectivity index (χ3v) is 18.8. The van der Waals surface area contributed by atoms with E-state index in [1.165, 1.54) is 4.90 Å². The molecule has 0 aromatic carbocycles. The maximum atomic E-state index is 11.8. The molecule has 0 aromatic heterocycles. The van der Waals surface area contributed by atoms with Gasteiger partial charge in [0, 0.05) is 78.6 Å². The zero-order valence-corrected chi connectivity index (χ0v) is 31.9. The van der Waals surface area contributed by atoms with Gasteiger partial charge in [0.2, 0.25) is 0 Å². The molecule has 0 unspecified atom stereocenters. The molecule has 43 heavy (non-hydrogen) atoms. The van der Waals surface area contributed by atoms with Crippen molar-refractivity contribution in [3.63, 3.8) is 0 Å². The van der Waals surface area contributed by atoms with Crippen LogP contribution in [0.5, 0.6) is 0 Å². The topological polar surface area (TPSA) is 151 Å². The summed E-state index contributed by atoms with van der Waals surface area (Å²) in [5.74, 6) is 0. The lowest BCUT2D eigenvalue weighted by Crippen LogP contribution is -2.70. The van der Waals surface area contributed by atoms with E-state index < -0.39 is 42.0 Å². The molecule has 19 heteroatoms. The summed E-state index contributed by atoms with van der Waals surface area (Å²) in [7, 11) is -16.3. The van der Waals surface area contributed by atoms with E-state index >= 15 is 0 Å². The van der Waals surface area contributed by atoms with E-state index in [2.05, 4.69) is 0 Å². The Labute approximate surface area is 263 Å². The van der Waals surface area contributed by atoms with E-state index in [1.807, 2.05) is 0 Å². The molecule has 258 valence electrons. The molecule has 0 saturated carbocycles. The van der Waals surface area contributed by atoms with Crippen LogP contribution < -0.4 is 0 Å². The number of carbonyl (C=O) groups is 1. The van der Waals surface area contributed by atoms with E-state index in [0.29, 0.717) is 0 Å². The van der Waals surface area contributed by atoms with Gasteiger partial charge in [0.1, 0.15) is 0 Å². The van der Waals surface area contributed by atoms with Crippen molar-refractivity contribution in [2.24, 2.45) is 0 Å². The van der Waals surface area contributed by atoms with Crippen LogP contribution in [0.15, 0.2) is 0 Å². The second-order valence-electron chi connectivity index (χ2n) is 8.35. The van der Waals surface area contributed by atoms with Crippen LogP contribution in [-0.4, -0.2) is 125 Å². The van der Waals surface area contributed by atoms with Gasteiger partial charge in [-0.1, -0.05) is 0 Å². The summed E-state index contributed by atoms with van der Waals surface area (Å²) in [6, 6.07) is 0.0443. The van der Waals surface area contributed by atoms with Crippen LogP contribution in [0.1, 0.15) is 75.7 Å². The highest BCUT2D eigenvalue weighted by atomic mass is 28.5. The summed E-state index contributed by atoms with van der Waals surface area (Å²) in [4.78, 5) is 13.1. The van der Waals surface area contributed by atoms with Crippen LogP contribution in [-0.2, 0) is 52.2 Å². The smallest absolute Gasteiger partial charge is 0.465 e. The molecule has 0 aliphatic carbocycles. The first-order valence-electron chi connectivity index (χ1n) is 15.4. The Morgan fingerprint density at radius 2 is 0.767 bits per heavy atom. The predicted molar refractivity (Wildman–Crippen MR) is 166 cm³/mol. The van der Waals surface area contributed by atoms with E-state index in [4.69, 9.17) is 52.2 Å². The van der Waals surface area contributed by atoms with Gasteiger partial charge in [0.15, 0.2) is 0 Å². The first kappa shape index (κ1) is 42.7. The molecule has 0 aliphatic rings. The summed E-state index contributed by atoms with van der Waals surface area (Å²) in [5.41, 5.74) is 0. The van der Waals surface area contributed by atoms with Gasteiger partial charge in [-0.05, 0) is 75.7 Å². The van der Waals surface area contributed by atoms with Gasteiger partial charge in [-0.3, -0.25) is 0 Å². The number of carboxylic acid groups (broad SMARTS) is 1. The molecular formula is C24H57NO14Si4. The van der Waals surface area contributed by atoms with Gasteiger partial charge in [0.25, 0.3) is 0 Å². The highest BCUT2D eigenvalue weighted by molar-refractivity contribution is 6.82. The Morgan fingerprint density at radius 1 is 0.512 bits per heavy atom. The lowest BCUT2D eigenvalue weighted by atomic mass is 10.4. The molecule has 1 amide bonds. The van der Waals surface area contributed by atoms with Crippen molar-refractivity contribution in [1.29, 1.82) is 0 Å². The van der Waals surface area contributed by atoms with Crippen LogP contribution >= 0.6 is 0 Å². The van der Waals surface area contributed by atoms with Crippen molar-refractivity contribution in [2.45, 2.75) is 81.7 Å². The number of amides is 1. The average molecular weight is 696 g/mol. The second kappa shape index (κ2) is 23.1.